The summed E-state index contributed by atoms with van der Waals surface area (Å²) in [4.78, 5) is 23.6. The molecule has 1 aliphatic heterocycles. The van der Waals surface area contributed by atoms with Crippen molar-refractivity contribution < 1.29 is 4.79 Å². The molecule has 0 atom stereocenters. The van der Waals surface area contributed by atoms with Gasteiger partial charge in [-0.25, -0.2) is 9.97 Å². The summed E-state index contributed by atoms with van der Waals surface area (Å²) >= 11 is 0. The molecule has 1 fully saturated rings. The molecule has 1 N–H and O–H groups in total. The molecule has 5 heteroatoms. The summed E-state index contributed by atoms with van der Waals surface area (Å²) in [6.07, 6.45) is 4.96. The SMILES string of the molecule is Cc1cccc(CCC(=O)NCc2nc(C)cc(N3CCCCC3)n2)c1. The molecule has 3 rings (SSSR count). The Morgan fingerprint density at radius 3 is 2.69 bits per heavy atom. The Bertz CT molecular complexity index is 753. The van der Waals surface area contributed by atoms with E-state index in [4.69, 9.17) is 0 Å². The lowest BCUT2D eigenvalue weighted by atomic mass is 10.1. The predicted octanol–water partition coefficient (Wildman–Crippen LogP) is 3.33. The van der Waals surface area contributed by atoms with Gasteiger partial charge in [-0.1, -0.05) is 29.8 Å². The number of nitrogens with one attached hydrogen (secondary N) is 1. The highest BCUT2D eigenvalue weighted by Gasteiger charge is 2.14. The van der Waals surface area contributed by atoms with Gasteiger partial charge < -0.3 is 10.2 Å². The van der Waals surface area contributed by atoms with E-state index in [1.54, 1.807) is 0 Å². The summed E-state index contributed by atoms with van der Waals surface area (Å²) in [5.74, 6) is 1.71. The fourth-order valence-electron chi connectivity index (χ4n) is 3.37. The van der Waals surface area contributed by atoms with Gasteiger partial charge in [0.05, 0.1) is 6.54 Å². The van der Waals surface area contributed by atoms with E-state index < -0.39 is 0 Å². The number of carbonyl (C=O) groups is 1. The molecule has 0 bridgehead atoms. The lowest BCUT2D eigenvalue weighted by Crippen LogP contribution is -2.31. The quantitative estimate of drug-likeness (QED) is 0.866. The minimum atomic E-state index is 0.0381. The molecule has 1 aliphatic rings. The number of anilines is 1. The van der Waals surface area contributed by atoms with Crippen molar-refractivity contribution >= 4 is 11.7 Å². The highest BCUT2D eigenvalue weighted by atomic mass is 16.1. The van der Waals surface area contributed by atoms with E-state index >= 15 is 0 Å². The third kappa shape index (κ3) is 5.28. The van der Waals surface area contributed by atoms with E-state index in [0.29, 0.717) is 18.8 Å². The summed E-state index contributed by atoms with van der Waals surface area (Å²) < 4.78 is 0. The monoisotopic (exact) mass is 352 g/mol. The fourth-order valence-corrected chi connectivity index (χ4v) is 3.37. The molecule has 26 heavy (non-hydrogen) atoms. The molecule has 0 radical (unpaired) electrons. The number of rotatable bonds is 6. The van der Waals surface area contributed by atoms with Gasteiger partial charge in [0.1, 0.15) is 11.6 Å². The Morgan fingerprint density at radius 1 is 1.12 bits per heavy atom. The van der Waals surface area contributed by atoms with Crippen molar-refractivity contribution in [3.8, 4) is 0 Å². The van der Waals surface area contributed by atoms with Crippen LogP contribution in [-0.4, -0.2) is 29.0 Å². The molecule has 2 heterocycles. The number of amides is 1. The summed E-state index contributed by atoms with van der Waals surface area (Å²) in [5.41, 5.74) is 3.37. The average molecular weight is 352 g/mol. The van der Waals surface area contributed by atoms with Crippen LogP contribution in [-0.2, 0) is 17.8 Å². The maximum Gasteiger partial charge on any atom is 0.220 e. The van der Waals surface area contributed by atoms with E-state index in [1.807, 2.05) is 19.1 Å². The summed E-state index contributed by atoms with van der Waals surface area (Å²) in [5, 5.41) is 2.96. The van der Waals surface area contributed by atoms with E-state index in [-0.39, 0.29) is 5.91 Å². The second kappa shape index (κ2) is 8.79. The molecule has 138 valence electrons. The molecule has 1 amide bonds. The van der Waals surface area contributed by atoms with Crippen molar-refractivity contribution in [2.45, 2.75) is 52.5 Å². The van der Waals surface area contributed by atoms with Crippen LogP contribution in [0.1, 0.15) is 48.3 Å². The van der Waals surface area contributed by atoms with Gasteiger partial charge in [-0.3, -0.25) is 4.79 Å². The third-order valence-corrected chi connectivity index (χ3v) is 4.73. The molecular formula is C21H28N4O. The second-order valence-corrected chi connectivity index (χ2v) is 7.10. The number of carbonyl (C=O) groups excluding carboxylic acids is 1. The van der Waals surface area contributed by atoms with Crippen molar-refractivity contribution in [1.82, 2.24) is 15.3 Å². The van der Waals surface area contributed by atoms with Crippen LogP contribution in [0.4, 0.5) is 5.82 Å². The zero-order valence-electron chi connectivity index (χ0n) is 15.8. The fraction of sp³-hybridized carbons (Fsp3) is 0.476. The van der Waals surface area contributed by atoms with Gasteiger partial charge in [-0.15, -0.1) is 0 Å². The molecule has 1 saturated heterocycles. The van der Waals surface area contributed by atoms with Gasteiger partial charge in [-0.05, 0) is 45.1 Å². The van der Waals surface area contributed by atoms with Crippen LogP contribution in [0.3, 0.4) is 0 Å². The van der Waals surface area contributed by atoms with E-state index in [9.17, 15) is 4.79 Å². The topological polar surface area (TPSA) is 58.1 Å². The molecule has 0 unspecified atom stereocenters. The Labute approximate surface area is 155 Å². The van der Waals surface area contributed by atoms with Gasteiger partial charge in [0.2, 0.25) is 5.91 Å². The Kier molecular flexibility index (Phi) is 6.21. The maximum absolute atomic E-state index is 12.2. The first-order chi connectivity index (χ1) is 12.6. The van der Waals surface area contributed by atoms with E-state index in [1.165, 1.54) is 30.4 Å². The van der Waals surface area contributed by atoms with E-state index in [0.717, 1.165) is 31.0 Å². The molecule has 1 aromatic carbocycles. The van der Waals surface area contributed by atoms with Gasteiger partial charge >= 0.3 is 0 Å². The van der Waals surface area contributed by atoms with Crippen LogP contribution < -0.4 is 10.2 Å². The molecule has 2 aromatic rings. The Balaban J connectivity index is 1.53. The molecular weight excluding hydrogens is 324 g/mol. The third-order valence-electron chi connectivity index (χ3n) is 4.73. The molecule has 1 aromatic heterocycles. The minimum Gasteiger partial charge on any atom is -0.357 e. The van der Waals surface area contributed by atoms with Crippen molar-refractivity contribution in [3.63, 3.8) is 0 Å². The average Bonchev–Trinajstić information content (AvgIpc) is 2.65. The predicted molar refractivity (Wildman–Crippen MR) is 104 cm³/mol. The number of nitrogens with zero attached hydrogens (tertiary/aromatic N) is 3. The molecule has 0 spiro atoms. The van der Waals surface area contributed by atoms with Crippen molar-refractivity contribution in [2.24, 2.45) is 0 Å². The largest absolute Gasteiger partial charge is 0.357 e. The van der Waals surface area contributed by atoms with Crippen LogP contribution >= 0.6 is 0 Å². The van der Waals surface area contributed by atoms with Crippen molar-refractivity contribution in [1.29, 1.82) is 0 Å². The number of piperidine rings is 1. The van der Waals surface area contributed by atoms with E-state index in [2.05, 4.69) is 45.3 Å². The van der Waals surface area contributed by atoms with Crippen LogP contribution in [0.15, 0.2) is 30.3 Å². The Hall–Kier alpha value is -2.43. The molecule has 0 aliphatic carbocycles. The van der Waals surface area contributed by atoms with Gasteiger partial charge in [0.25, 0.3) is 0 Å². The number of hydrogen-bond donors (Lipinski definition) is 1. The number of hydrogen-bond acceptors (Lipinski definition) is 4. The normalized spacial score (nSPS) is 14.3. The highest BCUT2D eigenvalue weighted by molar-refractivity contribution is 5.76. The second-order valence-electron chi connectivity index (χ2n) is 7.10. The van der Waals surface area contributed by atoms with Crippen LogP contribution in [0.2, 0.25) is 0 Å². The molecule has 5 nitrogen and oxygen atoms in total. The van der Waals surface area contributed by atoms with Crippen molar-refractivity contribution in [2.75, 3.05) is 18.0 Å². The highest BCUT2D eigenvalue weighted by Crippen LogP contribution is 2.18. The van der Waals surface area contributed by atoms with Crippen molar-refractivity contribution in [3.05, 3.63) is 53.0 Å². The summed E-state index contributed by atoms with van der Waals surface area (Å²) in [6.45, 7) is 6.55. The van der Waals surface area contributed by atoms with Gasteiger partial charge in [0, 0.05) is 31.3 Å². The van der Waals surface area contributed by atoms with Gasteiger partial charge in [0.15, 0.2) is 0 Å². The lowest BCUT2D eigenvalue weighted by molar-refractivity contribution is -0.121. The smallest absolute Gasteiger partial charge is 0.220 e. The number of aryl methyl sites for hydroxylation is 3. The number of aromatic nitrogens is 2. The number of benzene rings is 1. The first-order valence-electron chi connectivity index (χ1n) is 9.52. The summed E-state index contributed by atoms with van der Waals surface area (Å²) in [6, 6.07) is 10.3. The minimum absolute atomic E-state index is 0.0381. The van der Waals surface area contributed by atoms with Crippen LogP contribution in [0.25, 0.3) is 0 Å². The lowest BCUT2D eigenvalue weighted by Gasteiger charge is -2.28. The van der Waals surface area contributed by atoms with Gasteiger partial charge in [-0.2, -0.15) is 0 Å². The maximum atomic E-state index is 12.2. The standard InChI is InChI=1S/C21H28N4O/c1-16-7-6-8-18(13-16)9-10-21(26)22-15-19-23-17(2)14-20(24-19)25-11-4-3-5-12-25/h6-8,13-14H,3-5,9-12,15H2,1-2H3,(H,22,26). The molecule has 0 saturated carbocycles. The zero-order valence-corrected chi connectivity index (χ0v) is 15.8. The first-order valence-corrected chi connectivity index (χ1v) is 9.52. The zero-order chi connectivity index (χ0) is 18.4. The summed E-state index contributed by atoms with van der Waals surface area (Å²) in [7, 11) is 0. The first kappa shape index (κ1) is 18.4. The van der Waals surface area contributed by atoms with Crippen LogP contribution in [0.5, 0.6) is 0 Å². The van der Waals surface area contributed by atoms with Crippen LogP contribution in [0, 0.1) is 13.8 Å². The Morgan fingerprint density at radius 2 is 1.92 bits per heavy atom.